The third-order valence-corrected chi connectivity index (χ3v) is 5.80. The second kappa shape index (κ2) is 7.64. The van der Waals surface area contributed by atoms with Gasteiger partial charge in [0.15, 0.2) is 4.34 Å². The van der Waals surface area contributed by atoms with Crippen LogP contribution in [0.15, 0.2) is 28.6 Å². The fraction of sp³-hybridized carbons (Fsp3) is 0.467. The van der Waals surface area contributed by atoms with Crippen LogP contribution in [0.3, 0.4) is 0 Å². The fourth-order valence-electron chi connectivity index (χ4n) is 2.49. The lowest BCUT2D eigenvalue weighted by molar-refractivity contribution is -0.131. The molecule has 2 aromatic rings. The van der Waals surface area contributed by atoms with Crippen LogP contribution in [0.2, 0.25) is 0 Å². The SMILES string of the molecule is CC(Sc1nc2ccccc2s1)C(=O)N1CCN[C@H](C)C1.Cl. The smallest absolute Gasteiger partial charge is 0.235 e. The molecule has 1 aliphatic rings. The lowest BCUT2D eigenvalue weighted by Gasteiger charge is -2.33. The van der Waals surface area contributed by atoms with E-state index in [2.05, 4.69) is 23.3 Å². The number of carbonyl (C=O) groups excluding carboxylic acids is 1. The van der Waals surface area contributed by atoms with Gasteiger partial charge >= 0.3 is 0 Å². The van der Waals surface area contributed by atoms with Crippen LogP contribution in [0, 0.1) is 0 Å². The zero-order valence-electron chi connectivity index (χ0n) is 12.6. The molecule has 2 atom stereocenters. The van der Waals surface area contributed by atoms with Crippen LogP contribution in [-0.2, 0) is 4.79 Å². The number of rotatable bonds is 3. The molecule has 0 bridgehead atoms. The Morgan fingerprint density at radius 1 is 1.50 bits per heavy atom. The van der Waals surface area contributed by atoms with Crippen molar-refractivity contribution < 1.29 is 4.79 Å². The summed E-state index contributed by atoms with van der Waals surface area (Å²) in [5.74, 6) is 0.215. The van der Waals surface area contributed by atoms with Crippen LogP contribution in [-0.4, -0.2) is 46.7 Å². The Balaban J connectivity index is 0.00000176. The Bertz CT molecular complexity index is 616. The van der Waals surface area contributed by atoms with Crippen molar-refractivity contribution in [3.05, 3.63) is 24.3 Å². The summed E-state index contributed by atoms with van der Waals surface area (Å²) in [6.45, 7) is 6.57. The first-order valence-electron chi connectivity index (χ1n) is 7.18. The third kappa shape index (κ3) is 3.93. The van der Waals surface area contributed by atoms with Gasteiger partial charge in [0.05, 0.1) is 15.5 Å². The van der Waals surface area contributed by atoms with E-state index in [1.807, 2.05) is 30.0 Å². The molecule has 1 aromatic heterocycles. The molecule has 1 fully saturated rings. The van der Waals surface area contributed by atoms with Gasteiger partial charge in [0, 0.05) is 25.7 Å². The number of nitrogens with one attached hydrogen (secondary N) is 1. The number of nitrogens with zero attached hydrogens (tertiary/aromatic N) is 2. The number of piperazine rings is 1. The highest BCUT2D eigenvalue weighted by Gasteiger charge is 2.26. The average molecular weight is 358 g/mol. The molecule has 3 rings (SSSR count). The first-order chi connectivity index (χ1) is 10.1. The topological polar surface area (TPSA) is 45.2 Å². The van der Waals surface area contributed by atoms with Gasteiger partial charge in [-0.05, 0) is 26.0 Å². The van der Waals surface area contributed by atoms with Gasteiger partial charge in [0.2, 0.25) is 5.91 Å². The number of hydrogen-bond donors (Lipinski definition) is 1. The number of amides is 1. The molecular formula is C15H20ClN3OS2. The number of carbonyl (C=O) groups is 1. The van der Waals surface area contributed by atoms with Crippen LogP contribution in [0.1, 0.15) is 13.8 Å². The molecule has 1 aliphatic heterocycles. The first kappa shape index (κ1) is 17.5. The Morgan fingerprint density at radius 2 is 2.27 bits per heavy atom. The molecule has 0 saturated carbocycles. The quantitative estimate of drug-likeness (QED) is 0.858. The van der Waals surface area contributed by atoms with Crippen molar-refractivity contribution in [3.63, 3.8) is 0 Å². The van der Waals surface area contributed by atoms with Crippen molar-refractivity contribution in [1.29, 1.82) is 0 Å². The zero-order valence-corrected chi connectivity index (χ0v) is 15.1. The van der Waals surface area contributed by atoms with Crippen molar-refractivity contribution in [1.82, 2.24) is 15.2 Å². The van der Waals surface area contributed by atoms with Gasteiger partial charge in [-0.25, -0.2) is 4.98 Å². The normalized spacial score (nSPS) is 19.7. The van der Waals surface area contributed by atoms with Gasteiger partial charge in [0.1, 0.15) is 0 Å². The summed E-state index contributed by atoms with van der Waals surface area (Å²) in [6.07, 6.45) is 0. The van der Waals surface area contributed by atoms with Gasteiger partial charge in [-0.15, -0.1) is 23.7 Å². The monoisotopic (exact) mass is 357 g/mol. The van der Waals surface area contributed by atoms with E-state index >= 15 is 0 Å². The summed E-state index contributed by atoms with van der Waals surface area (Å²) >= 11 is 3.23. The maximum absolute atomic E-state index is 12.5. The van der Waals surface area contributed by atoms with Gasteiger partial charge in [-0.3, -0.25) is 4.79 Å². The first-order valence-corrected chi connectivity index (χ1v) is 8.87. The highest BCUT2D eigenvalue weighted by atomic mass is 35.5. The molecule has 1 saturated heterocycles. The van der Waals surface area contributed by atoms with E-state index in [9.17, 15) is 4.79 Å². The van der Waals surface area contributed by atoms with Crippen LogP contribution < -0.4 is 5.32 Å². The number of hydrogen-bond acceptors (Lipinski definition) is 5. The number of benzene rings is 1. The van der Waals surface area contributed by atoms with E-state index in [0.717, 1.165) is 29.5 Å². The van der Waals surface area contributed by atoms with Crippen LogP contribution in [0.4, 0.5) is 0 Å². The molecular weight excluding hydrogens is 338 g/mol. The summed E-state index contributed by atoms with van der Waals surface area (Å²) in [5, 5.41) is 3.28. The molecule has 22 heavy (non-hydrogen) atoms. The molecule has 1 aromatic carbocycles. The zero-order chi connectivity index (χ0) is 14.8. The van der Waals surface area contributed by atoms with Gasteiger partial charge in [0.25, 0.3) is 0 Å². The summed E-state index contributed by atoms with van der Waals surface area (Å²) in [6, 6.07) is 8.48. The predicted octanol–water partition coefficient (Wildman–Crippen LogP) is 3.02. The van der Waals surface area contributed by atoms with E-state index in [0.29, 0.717) is 6.04 Å². The number of halogens is 1. The summed E-state index contributed by atoms with van der Waals surface area (Å²) in [4.78, 5) is 19.1. The van der Waals surface area contributed by atoms with E-state index in [1.54, 1.807) is 23.1 Å². The van der Waals surface area contributed by atoms with E-state index < -0.39 is 0 Å². The molecule has 4 nitrogen and oxygen atoms in total. The number of para-hydroxylation sites is 1. The molecule has 1 amide bonds. The van der Waals surface area contributed by atoms with Crippen molar-refractivity contribution >= 4 is 51.6 Å². The van der Waals surface area contributed by atoms with Crippen molar-refractivity contribution in [2.45, 2.75) is 29.5 Å². The molecule has 1 N–H and O–H groups in total. The number of fused-ring (bicyclic) bond motifs is 1. The van der Waals surface area contributed by atoms with Gasteiger partial charge in [-0.2, -0.15) is 0 Å². The average Bonchev–Trinajstić information content (AvgIpc) is 2.88. The van der Waals surface area contributed by atoms with Crippen LogP contribution in [0.25, 0.3) is 10.2 Å². The minimum atomic E-state index is -0.0872. The minimum Gasteiger partial charge on any atom is -0.339 e. The van der Waals surface area contributed by atoms with Crippen molar-refractivity contribution in [2.24, 2.45) is 0 Å². The number of thioether (sulfide) groups is 1. The van der Waals surface area contributed by atoms with E-state index in [1.165, 1.54) is 4.70 Å². The Morgan fingerprint density at radius 3 is 3.00 bits per heavy atom. The fourth-order valence-corrected chi connectivity index (χ4v) is 4.79. The standard InChI is InChI=1S/C15H19N3OS2.ClH/c1-10-9-18(8-7-16-10)14(19)11(2)20-15-17-12-5-3-4-6-13(12)21-15;/h3-6,10-11,16H,7-9H2,1-2H3;1H/t10-,11?;/m1./s1. The molecule has 2 heterocycles. The Labute approximate surface area is 145 Å². The highest BCUT2D eigenvalue weighted by molar-refractivity contribution is 8.02. The second-order valence-corrected chi connectivity index (χ2v) is 7.97. The molecule has 0 radical (unpaired) electrons. The lowest BCUT2D eigenvalue weighted by Crippen LogP contribution is -2.53. The third-order valence-electron chi connectivity index (χ3n) is 3.58. The maximum atomic E-state index is 12.5. The number of aromatic nitrogens is 1. The number of thiazole rings is 1. The van der Waals surface area contributed by atoms with Crippen LogP contribution >= 0.6 is 35.5 Å². The van der Waals surface area contributed by atoms with Gasteiger partial charge < -0.3 is 10.2 Å². The van der Waals surface area contributed by atoms with Crippen LogP contribution in [0.5, 0.6) is 0 Å². The molecule has 0 spiro atoms. The minimum absolute atomic E-state index is 0. The largest absolute Gasteiger partial charge is 0.339 e. The van der Waals surface area contributed by atoms with E-state index in [4.69, 9.17) is 0 Å². The summed E-state index contributed by atoms with van der Waals surface area (Å²) in [5.41, 5.74) is 1.01. The lowest BCUT2D eigenvalue weighted by atomic mass is 10.2. The Hall–Kier alpha value is -0.820. The van der Waals surface area contributed by atoms with E-state index in [-0.39, 0.29) is 23.6 Å². The molecule has 0 aliphatic carbocycles. The predicted molar refractivity (Wildman–Crippen MR) is 96.2 cm³/mol. The molecule has 1 unspecified atom stereocenters. The summed E-state index contributed by atoms with van der Waals surface area (Å²) in [7, 11) is 0. The van der Waals surface area contributed by atoms with Crippen molar-refractivity contribution in [3.8, 4) is 0 Å². The highest BCUT2D eigenvalue weighted by Crippen LogP contribution is 2.32. The van der Waals surface area contributed by atoms with Gasteiger partial charge in [-0.1, -0.05) is 23.9 Å². The second-order valence-electron chi connectivity index (χ2n) is 5.35. The van der Waals surface area contributed by atoms with Crippen molar-refractivity contribution in [2.75, 3.05) is 19.6 Å². The molecule has 120 valence electrons. The maximum Gasteiger partial charge on any atom is 0.235 e. The summed E-state index contributed by atoms with van der Waals surface area (Å²) < 4.78 is 2.15. The molecule has 7 heteroatoms. The Kier molecular flexibility index (Phi) is 6.09.